The Labute approximate surface area is 117 Å². The topological polar surface area (TPSA) is 78.4 Å². The van der Waals surface area contributed by atoms with Crippen LogP contribution in [0.25, 0.3) is 0 Å². The van der Waals surface area contributed by atoms with Gasteiger partial charge in [-0.3, -0.25) is 10.1 Å². The molecule has 2 aromatic rings. The number of rotatable bonds is 4. The van der Waals surface area contributed by atoms with Gasteiger partial charge in [0, 0.05) is 18.7 Å². The number of nitrogens with two attached hydrogens (primary N) is 1. The van der Waals surface area contributed by atoms with E-state index in [1.165, 1.54) is 12.1 Å². The molecule has 0 saturated heterocycles. The maximum absolute atomic E-state index is 10.7. The van der Waals surface area contributed by atoms with Crippen molar-refractivity contribution in [2.75, 3.05) is 0 Å². The fourth-order valence-electron chi connectivity index (χ4n) is 1.93. The lowest BCUT2D eigenvalue weighted by Gasteiger charge is -2.11. The lowest BCUT2D eigenvalue weighted by Crippen LogP contribution is -1.98. The van der Waals surface area contributed by atoms with Crippen LogP contribution in [-0.2, 0) is 6.54 Å². The van der Waals surface area contributed by atoms with Gasteiger partial charge < -0.3 is 10.5 Å². The van der Waals surface area contributed by atoms with Gasteiger partial charge in [0.05, 0.1) is 4.92 Å². The van der Waals surface area contributed by atoms with Crippen molar-refractivity contribution in [2.45, 2.75) is 20.4 Å². The number of nitro groups is 1. The van der Waals surface area contributed by atoms with Gasteiger partial charge in [-0.2, -0.15) is 0 Å². The molecular formula is C15H16N2O3. The summed E-state index contributed by atoms with van der Waals surface area (Å²) < 4.78 is 5.81. The van der Waals surface area contributed by atoms with Crippen LogP contribution < -0.4 is 10.5 Å². The van der Waals surface area contributed by atoms with Crippen LogP contribution in [0.2, 0.25) is 0 Å². The fraction of sp³-hybridized carbons (Fsp3) is 0.200. The largest absolute Gasteiger partial charge is 0.457 e. The molecule has 5 nitrogen and oxygen atoms in total. The van der Waals surface area contributed by atoms with Crippen LogP contribution in [0.4, 0.5) is 5.69 Å². The smallest absolute Gasteiger partial charge is 0.269 e. The van der Waals surface area contributed by atoms with Gasteiger partial charge in [-0.15, -0.1) is 0 Å². The highest BCUT2D eigenvalue weighted by Crippen LogP contribution is 2.30. The molecule has 104 valence electrons. The number of aryl methyl sites for hydroxylation is 2. The summed E-state index contributed by atoms with van der Waals surface area (Å²) in [6, 6.07) is 10.3. The van der Waals surface area contributed by atoms with Crippen LogP contribution in [0.5, 0.6) is 11.5 Å². The molecule has 0 radical (unpaired) electrons. The van der Waals surface area contributed by atoms with Crippen LogP contribution in [-0.4, -0.2) is 4.92 Å². The molecule has 0 aliphatic carbocycles. The zero-order valence-electron chi connectivity index (χ0n) is 11.4. The highest BCUT2D eigenvalue weighted by atomic mass is 16.6. The van der Waals surface area contributed by atoms with E-state index in [9.17, 15) is 10.1 Å². The van der Waals surface area contributed by atoms with Crippen LogP contribution in [0.1, 0.15) is 16.7 Å². The van der Waals surface area contributed by atoms with Crippen molar-refractivity contribution in [3.8, 4) is 11.5 Å². The molecule has 20 heavy (non-hydrogen) atoms. The molecule has 0 saturated carbocycles. The van der Waals surface area contributed by atoms with E-state index in [0.29, 0.717) is 12.3 Å². The van der Waals surface area contributed by atoms with Crippen molar-refractivity contribution in [3.63, 3.8) is 0 Å². The van der Waals surface area contributed by atoms with E-state index in [4.69, 9.17) is 10.5 Å². The van der Waals surface area contributed by atoms with Gasteiger partial charge in [0.2, 0.25) is 0 Å². The molecule has 0 aromatic heterocycles. The van der Waals surface area contributed by atoms with Crippen molar-refractivity contribution in [1.82, 2.24) is 0 Å². The van der Waals surface area contributed by atoms with Gasteiger partial charge in [0.25, 0.3) is 5.69 Å². The molecular weight excluding hydrogens is 256 g/mol. The maximum Gasteiger partial charge on any atom is 0.269 e. The molecule has 0 aliphatic rings. The molecule has 0 bridgehead atoms. The number of benzene rings is 2. The zero-order valence-corrected chi connectivity index (χ0v) is 11.4. The average Bonchev–Trinajstić information content (AvgIpc) is 2.42. The molecule has 2 rings (SSSR count). The first-order valence-electron chi connectivity index (χ1n) is 6.23. The molecule has 0 atom stereocenters. The molecule has 0 unspecified atom stereocenters. The van der Waals surface area contributed by atoms with Gasteiger partial charge in [-0.1, -0.05) is 12.1 Å². The number of non-ortho nitro benzene ring substituents is 1. The van der Waals surface area contributed by atoms with Gasteiger partial charge in [0.1, 0.15) is 11.5 Å². The van der Waals surface area contributed by atoms with Crippen molar-refractivity contribution in [1.29, 1.82) is 0 Å². The minimum Gasteiger partial charge on any atom is -0.457 e. The van der Waals surface area contributed by atoms with E-state index < -0.39 is 4.92 Å². The van der Waals surface area contributed by atoms with Crippen LogP contribution in [0.15, 0.2) is 36.4 Å². The Morgan fingerprint density at radius 1 is 1.10 bits per heavy atom. The monoisotopic (exact) mass is 272 g/mol. The molecule has 2 aromatic carbocycles. The Hall–Kier alpha value is -2.40. The summed E-state index contributed by atoms with van der Waals surface area (Å²) in [5.74, 6) is 1.33. The number of nitro benzene ring substituents is 1. The first-order valence-corrected chi connectivity index (χ1v) is 6.23. The Morgan fingerprint density at radius 2 is 1.70 bits per heavy atom. The third-order valence-electron chi connectivity index (χ3n) is 3.06. The first-order chi connectivity index (χ1) is 9.51. The average molecular weight is 272 g/mol. The number of hydrogen-bond acceptors (Lipinski definition) is 4. The summed E-state index contributed by atoms with van der Waals surface area (Å²) >= 11 is 0. The minimum atomic E-state index is -0.419. The highest BCUT2D eigenvalue weighted by molar-refractivity contribution is 5.46. The summed E-state index contributed by atoms with van der Waals surface area (Å²) in [6.07, 6.45) is 0. The Bertz CT molecular complexity index is 654. The third-order valence-corrected chi connectivity index (χ3v) is 3.06. The van der Waals surface area contributed by atoms with E-state index in [0.717, 1.165) is 22.4 Å². The summed E-state index contributed by atoms with van der Waals surface area (Å²) in [5, 5.41) is 10.7. The zero-order chi connectivity index (χ0) is 14.7. The molecule has 0 amide bonds. The van der Waals surface area contributed by atoms with E-state index in [-0.39, 0.29) is 5.69 Å². The third kappa shape index (κ3) is 2.95. The highest BCUT2D eigenvalue weighted by Gasteiger charge is 2.10. The van der Waals surface area contributed by atoms with Crippen molar-refractivity contribution >= 4 is 5.69 Å². The Balaban J connectivity index is 2.28. The second kappa shape index (κ2) is 5.71. The number of ether oxygens (including phenoxy) is 1. The quantitative estimate of drug-likeness (QED) is 0.682. The van der Waals surface area contributed by atoms with Crippen LogP contribution in [0.3, 0.4) is 0 Å². The summed E-state index contributed by atoms with van der Waals surface area (Å²) in [6.45, 7) is 4.21. The number of hydrogen-bond donors (Lipinski definition) is 1. The molecule has 0 fully saturated rings. The Kier molecular flexibility index (Phi) is 4.00. The van der Waals surface area contributed by atoms with E-state index >= 15 is 0 Å². The maximum atomic E-state index is 10.7. The second-order valence-corrected chi connectivity index (χ2v) is 4.61. The number of nitrogens with zero attached hydrogens (tertiary/aromatic N) is 1. The summed E-state index contributed by atoms with van der Waals surface area (Å²) in [4.78, 5) is 10.3. The molecule has 5 heteroatoms. The van der Waals surface area contributed by atoms with E-state index in [2.05, 4.69) is 0 Å². The summed E-state index contributed by atoms with van der Waals surface area (Å²) in [5.41, 5.74) is 8.38. The van der Waals surface area contributed by atoms with Crippen molar-refractivity contribution in [2.24, 2.45) is 5.73 Å². The van der Waals surface area contributed by atoms with Crippen LogP contribution in [0, 0.1) is 24.0 Å². The predicted octanol–water partition coefficient (Wildman–Crippen LogP) is 3.46. The molecule has 2 N–H and O–H groups in total. The molecule has 0 aliphatic heterocycles. The van der Waals surface area contributed by atoms with E-state index in [1.54, 1.807) is 13.0 Å². The Morgan fingerprint density at radius 3 is 2.20 bits per heavy atom. The van der Waals surface area contributed by atoms with Gasteiger partial charge in [0.15, 0.2) is 0 Å². The van der Waals surface area contributed by atoms with Gasteiger partial charge in [-0.25, -0.2) is 0 Å². The lowest BCUT2D eigenvalue weighted by molar-refractivity contribution is -0.384. The molecule has 0 spiro atoms. The van der Waals surface area contributed by atoms with Crippen molar-refractivity contribution < 1.29 is 9.66 Å². The SMILES string of the molecule is Cc1cc(CN)ccc1Oc1ccc([N+](=O)[O-])cc1C. The minimum absolute atomic E-state index is 0.0602. The standard InChI is InChI=1S/C15H16N2O3/c1-10-7-12(9-16)3-5-14(10)20-15-6-4-13(17(18)19)8-11(15)2/h3-8H,9,16H2,1-2H3. The predicted molar refractivity (Wildman–Crippen MR) is 77.0 cm³/mol. The molecule has 0 heterocycles. The van der Waals surface area contributed by atoms with Crippen LogP contribution >= 0.6 is 0 Å². The fourth-order valence-corrected chi connectivity index (χ4v) is 1.93. The van der Waals surface area contributed by atoms with Gasteiger partial charge in [-0.05, 0) is 42.7 Å². The first kappa shape index (κ1) is 14.0. The summed E-state index contributed by atoms with van der Waals surface area (Å²) in [7, 11) is 0. The lowest BCUT2D eigenvalue weighted by atomic mass is 10.1. The van der Waals surface area contributed by atoms with Gasteiger partial charge >= 0.3 is 0 Å². The van der Waals surface area contributed by atoms with E-state index in [1.807, 2.05) is 25.1 Å². The normalized spacial score (nSPS) is 10.3. The second-order valence-electron chi connectivity index (χ2n) is 4.61. The van der Waals surface area contributed by atoms with Crippen molar-refractivity contribution in [3.05, 3.63) is 63.2 Å².